The van der Waals surface area contributed by atoms with E-state index in [0.29, 0.717) is 10.6 Å². The number of nitrogens with zero attached hydrogens (tertiary/aromatic N) is 1. The van der Waals surface area contributed by atoms with Crippen LogP contribution in [0.2, 0.25) is 5.02 Å². The maximum absolute atomic E-state index is 8.74. The molecule has 0 aliphatic rings. The van der Waals surface area contributed by atoms with E-state index in [0.717, 1.165) is 18.7 Å². The number of nitriles is 1. The second kappa shape index (κ2) is 5.31. The summed E-state index contributed by atoms with van der Waals surface area (Å²) < 4.78 is 0. The number of halogens is 1. The summed E-state index contributed by atoms with van der Waals surface area (Å²) in [6, 6.07) is 7.35. The Bertz CT molecular complexity index is 366. The summed E-state index contributed by atoms with van der Waals surface area (Å²) in [5.41, 5.74) is 1.41. The molecule has 3 heteroatoms. The van der Waals surface area contributed by atoms with Crippen LogP contribution in [0.25, 0.3) is 0 Å². The molecule has 1 rings (SSSR count). The van der Waals surface area contributed by atoms with Gasteiger partial charge >= 0.3 is 0 Å². The highest BCUT2D eigenvalue weighted by atomic mass is 35.5. The van der Waals surface area contributed by atoms with Gasteiger partial charge < -0.3 is 5.32 Å². The van der Waals surface area contributed by atoms with E-state index < -0.39 is 0 Å². The maximum atomic E-state index is 8.74. The summed E-state index contributed by atoms with van der Waals surface area (Å²) in [7, 11) is 0. The summed E-state index contributed by atoms with van der Waals surface area (Å²) in [5, 5.41) is 12.4. The number of hydrogen-bond acceptors (Lipinski definition) is 2. The average molecular weight is 207 g/mol. The summed E-state index contributed by atoms with van der Waals surface area (Å²) in [6.45, 7) is 4.44. The van der Waals surface area contributed by atoms with Gasteiger partial charge in [0.25, 0.3) is 0 Å². The van der Waals surface area contributed by atoms with Crippen molar-refractivity contribution in [3.05, 3.63) is 41.4 Å². The van der Waals surface area contributed by atoms with Crippen LogP contribution in [0.5, 0.6) is 0 Å². The first kappa shape index (κ1) is 10.6. The highest BCUT2D eigenvalue weighted by molar-refractivity contribution is 6.31. The fourth-order valence-electron chi connectivity index (χ4n) is 1.04. The topological polar surface area (TPSA) is 35.8 Å². The zero-order chi connectivity index (χ0) is 10.4. The van der Waals surface area contributed by atoms with E-state index in [-0.39, 0.29) is 0 Å². The predicted molar refractivity (Wildman–Crippen MR) is 59.5 cm³/mol. The third-order valence-corrected chi connectivity index (χ3v) is 2.09. The second-order valence-corrected chi connectivity index (χ2v) is 3.22. The van der Waals surface area contributed by atoms with Gasteiger partial charge in [0, 0.05) is 12.2 Å². The second-order valence-electron chi connectivity index (χ2n) is 2.81. The largest absolute Gasteiger partial charge is 0.385 e. The molecule has 72 valence electrons. The minimum absolute atomic E-state index is 0.488. The van der Waals surface area contributed by atoms with E-state index in [1.807, 2.05) is 18.2 Å². The van der Waals surface area contributed by atoms with Gasteiger partial charge in [-0.1, -0.05) is 17.7 Å². The van der Waals surface area contributed by atoms with Crippen LogP contribution in [-0.4, -0.2) is 6.54 Å². The zero-order valence-electron chi connectivity index (χ0n) is 7.76. The SMILES string of the molecule is C=CCCNc1ccc(Cl)c(C#N)c1. The number of anilines is 1. The van der Waals surface area contributed by atoms with Crippen molar-refractivity contribution in [3.63, 3.8) is 0 Å². The van der Waals surface area contributed by atoms with Gasteiger partial charge in [-0.05, 0) is 24.6 Å². The van der Waals surface area contributed by atoms with Crippen LogP contribution in [0, 0.1) is 11.3 Å². The smallest absolute Gasteiger partial charge is 0.101 e. The van der Waals surface area contributed by atoms with Crippen LogP contribution < -0.4 is 5.32 Å². The third-order valence-electron chi connectivity index (χ3n) is 1.76. The Morgan fingerprint density at radius 2 is 2.36 bits per heavy atom. The molecule has 0 fully saturated rings. The maximum Gasteiger partial charge on any atom is 0.101 e. The molecule has 1 aromatic rings. The highest BCUT2D eigenvalue weighted by Gasteiger charge is 1.99. The van der Waals surface area contributed by atoms with Crippen molar-refractivity contribution < 1.29 is 0 Å². The lowest BCUT2D eigenvalue weighted by Gasteiger charge is -2.05. The van der Waals surface area contributed by atoms with Crippen LogP contribution in [0.1, 0.15) is 12.0 Å². The normalized spacial score (nSPS) is 9.14. The molecule has 0 heterocycles. The van der Waals surface area contributed by atoms with Crippen molar-refractivity contribution in [2.75, 3.05) is 11.9 Å². The molecule has 0 aliphatic carbocycles. The van der Waals surface area contributed by atoms with Gasteiger partial charge in [-0.3, -0.25) is 0 Å². The Labute approximate surface area is 88.8 Å². The Kier molecular flexibility index (Phi) is 4.03. The van der Waals surface area contributed by atoms with Crippen LogP contribution in [0.15, 0.2) is 30.9 Å². The Morgan fingerprint density at radius 1 is 1.57 bits per heavy atom. The van der Waals surface area contributed by atoms with Gasteiger partial charge in [-0.25, -0.2) is 0 Å². The van der Waals surface area contributed by atoms with Crippen molar-refractivity contribution >= 4 is 17.3 Å². The van der Waals surface area contributed by atoms with E-state index in [1.54, 1.807) is 12.1 Å². The summed E-state index contributed by atoms with van der Waals surface area (Å²) >= 11 is 5.79. The number of hydrogen-bond donors (Lipinski definition) is 1. The molecule has 0 amide bonds. The molecule has 1 N–H and O–H groups in total. The molecule has 0 radical (unpaired) electrons. The fraction of sp³-hybridized carbons (Fsp3) is 0.182. The molecule has 0 aliphatic heterocycles. The first-order valence-corrected chi connectivity index (χ1v) is 4.70. The average Bonchev–Trinajstić information content (AvgIpc) is 2.21. The molecular weight excluding hydrogens is 196 g/mol. The van der Waals surface area contributed by atoms with Crippen LogP contribution in [0.4, 0.5) is 5.69 Å². The van der Waals surface area contributed by atoms with Gasteiger partial charge in [0.2, 0.25) is 0 Å². The molecule has 0 atom stereocenters. The lowest BCUT2D eigenvalue weighted by Crippen LogP contribution is -1.99. The molecule has 1 aromatic carbocycles. The van der Waals surface area contributed by atoms with Gasteiger partial charge in [0.1, 0.15) is 6.07 Å². The number of benzene rings is 1. The number of rotatable bonds is 4. The predicted octanol–water partition coefficient (Wildman–Crippen LogP) is 3.20. The summed E-state index contributed by atoms with van der Waals surface area (Å²) in [4.78, 5) is 0. The van der Waals surface area contributed by atoms with Gasteiger partial charge in [0.15, 0.2) is 0 Å². The molecule has 0 bridgehead atoms. The minimum Gasteiger partial charge on any atom is -0.385 e. The Hall–Kier alpha value is -1.46. The van der Waals surface area contributed by atoms with E-state index in [4.69, 9.17) is 16.9 Å². The molecule has 0 saturated heterocycles. The van der Waals surface area contributed by atoms with E-state index in [1.165, 1.54) is 0 Å². The van der Waals surface area contributed by atoms with Gasteiger partial charge in [-0.2, -0.15) is 5.26 Å². The summed E-state index contributed by atoms with van der Waals surface area (Å²) in [6.07, 6.45) is 2.73. The van der Waals surface area contributed by atoms with Crippen molar-refractivity contribution in [1.29, 1.82) is 5.26 Å². The Balaban J connectivity index is 2.70. The number of nitrogens with one attached hydrogen (secondary N) is 1. The first-order chi connectivity index (χ1) is 6.77. The van der Waals surface area contributed by atoms with Crippen LogP contribution >= 0.6 is 11.6 Å². The highest BCUT2D eigenvalue weighted by Crippen LogP contribution is 2.19. The summed E-state index contributed by atoms with van der Waals surface area (Å²) in [5.74, 6) is 0. The van der Waals surface area contributed by atoms with Crippen molar-refractivity contribution in [2.45, 2.75) is 6.42 Å². The first-order valence-electron chi connectivity index (χ1n) is 4.32. The van der Waals surface area contributed by atoms with Gasteiger partial charge in [-0.15, -0.1) is 6.58 Å². The molecular formula is C11H11ClN2. The van der Waals surface area contributed by atoms with E-state index in [9.17, 15) is 0 Å². The van der Waals surface area contributed by atoms with Crippen molar-refractivity contribution in [2.24, 2.45) is 0 Å². The molecule has 0 aromatic heterocycles. The molecule has 2 nitrogen and oxygen atoms in total. The lowest BCUT2D eigenvalue weighted by molar-refractivity contribution is 1.07. The monoisotopic (exact) mass is 206 g/mol. The molecule has 0 unspecified atom stereocenters. The molecule has 0 saturated carbocycles. The lowest BCUT2D eigenvalue weighted by atomic mass is 10.2. The Morgan fingerprint density at radius 3 is 3.00 bits per heavy atom. The minimum atomic E-state index is 0.488. The standard InChI is InChI=1S/C11H11ClN2/c1-2-3-6-14-10-4-5-11(12)9(7-10)8-13/h2,4-5,7,14H,1,3,6H2. The van der Waals surface area contributed by atoms with E-state index in [2.05, 4.69) is 11.9 Å². The van der Waals surface area contributed by atoms with Crippen molar-refractivity contribution in [3.8, 4) is 6.07 Å². The zero-order valence-corrected chi connectivity index (χ0v) is 8.51. The van der Waals surface area contributed by atoms with Crippen molar-refractivity contribution in [1.82, 2.24) is 0 Å². The fourth-order valence-corrected chi connectivity index (χ4v) is 1.20. The van der Waals surface area contributed by atoms with Gasteiger partial charge in [0.05, 0.1) is 10.6 Å². The van der Waals surface area contributed by atoms with Crippen LogP contribution in [-0.2, 0) is 0 Å². The third kappa shape index (κ3) is 2.79. The van der Waals surface area contributed by atoms with Crippen LogP contribution in [0.3, 0.4) is 0 Å². The van der Waals surface area contributed by atoms with E-state index >= 15 is 0 Å². The molecule has 14 heavy (non-hydrogen) atoms. The molecule has 0 spiro atoms. The quantitative estimate of drug-likeness (QED) is 0.607.